The average molecular weight is 263 g/mol. The third-order valence-corrected chi connectivity index (χ3v) is 3.27. The lowest BCUT2D eigenvalue weighted by molar-refractivity contribution is -0.140. The maximum atomic E-state index is 11.8. The summed E-state index contributed by atoms with van der Waals surface area (Å²) in [4.78, 5) is 30.3. The Bertz CT molecular complexity index is 502. The van der Waals surface area contributed by atoms with Gasteiger partial charge in [-0.3, -0.25) is 14.6 Å². The highest BCUT2D eigenvalue weighted by Gasteiger charge is 2.28. The van der Waals surface area contributed by atoms with Crippen LogP contribution in [0.2, 0.25) is 0 Å². The predicted octanol–water partition coefficient (Wildman–Crippen LogP) is 0.694. The van der Waals surface area contributed by atoms with Crippen LogP contribution in [0.3, 0.4) is 0 Å². The van der Waals surface area contributed by atoms with Crippen molar-refractivity contribution in [2.75, 3.05) is 32.1 Å². The zero-order valence-electron chi connectivity index (χ0n) is 11.0. The first-order valence-electron chi connectivity index (χ1n) is 6.14. The molecule has 1 aromatic rings. The molecule has 1 unspecified atom stereocenters. The third-order valence-electron chi connectivity index (χ3n) is 3.27. The van der Waals surface area contributed by atoms with Gasteiger partial charge in [-0.2, -0.15) is 0 Å². The topological polar surface area (TPSA) is 73.7 Å². The van der Waals surface area contributed by atoms with Crippen LogP contribution >= 0.6 is 0 Å². The smallest absolute Gasteiger partial charge is 0.308 e. The second-order valence-corrected chi connectivity index (χ2v) is 4.87. The Morgan fingerprint density at radius 3 is 2.79 bits per heavy atom. The molecule has 0 bridgehead atoms. The van der Waals surface area contributed by atoms with Crippen molar-refractivity contribution in [1.29, 1.82) is 0 Å². The van der Waals surface area contributed by atoms with E-state index in [2.05, 4.69) is 4.98 Å². The van der Waals surface area contributed by atoms with Crippen LogP contribution in [0.15, 0.2) is 18.3 Å². The molecular formula is C13H17N3O3. The van der Waals surface area contributed by atoms with E-state index in [0.717, 1.165) is 5.69 Å². The summed E-state index contributed by atoms with van der Waals surface area (Å²) < 4.78 is 0. The summed E-state index contributed by atoms with van der Waals surface area (Å²) in [5.74, 6) is -1.25. The molecule has 1 N–H and O–H groups in total. The first kappa shape index (κ1) is 13.3. The minimum atomic E-state index is -0.763. The monoisotopic (exact) mass is 263 g/mol. The van der Waals surface area contributed by atoms with Gasteiger partial charge in [0.1, 0.15) is 5.69 Å². The number of hydrogen-bond acceptors (Lipinski definition) is 4. The Kier molecular flexibility index (Phi) is 3.69. The van der Waals surface area contributed by atoms with E-state index in [1.165, 1.54) is 4.90 Å². The van der Waals surface area contributed by atoms with Crippen LogP contribution in [0.5, 0.6) is 0 Å². The summed E-state index contributed by atoms with van der Waals surface area (Å²) in [7, 11) is 3.35. The van der Waals surface area contributed by atoms with Crippen molar-refractivity contribution >= 4 is 17.6 Å². The number of carboxylic acid groups (broad SMARTS) is 1. The van der Waals surface area contributed by atoms with Crippen LogP contribution in [0, 0.1) is 5.92 Å². The molecule has 1 saturated heterocycles. The van der Waals surface area contributed by atoms with Crippen molar-refractivity contribution in [3.8, 4) is 0 Å². The van der Waals surface area contributed by atoms with Gasteiger partial charge in [0.2, 0.25) is 0 Å². The molecule has 6 nitrogen and oxygen atoms in total. The Morgan fingerprint density at radius 2 is 2.21 bits per heavy atom. The highest BCUT2D eigenvalue weighted by Crippen LogP contribution is 2.24. The summed E-state index contributed by atoms with van der Waals surface area (Å²) in [6.45, 7) is 1.17. The fraction of sp³-hybridized carbons (Fsp3) is 0.462. The first-order valence-corrected chi connectivity index (χ1v) is 6.14. The number of hydrogen-bond donors (Lipinski definition) is 1. The number of amides is 1. The molecule has 1 fully saturated rings. The molecule has 0 spiro atoms. The van der Waals surface area contributed by atoms with Crippen LogP contribution in [0.25, 0.3) is 0 Å². The summed E-state index contributed by atoms with van der Waals surface area (Å²) in [5.41, 5.74) is 1.23. The van der Waals surface area contributed by atoms with Gasteiger partial charge in [-0.15, -0.1) is 0 Å². The van der Waals surface area contributed by atoms with Gasteiger partial charge in [-0.25, -0.2) is 0 Å². The molecule has 0 aromatic carbocycles. The minimum absolute atomic E-state index is 0.157. The van der Waals surface area contributed by atoms with Crippen LogP contribution < -0.4 is 4.90 Å². The van der Waals surface area contributed by atoms with E-state index in [4.69, 9.17) is 5.11 Å². The van der Waals surface area contributed by atoms with Crippen molar-refractivity contribution in [1.82, 2.24) is 9.88 Å². The van der Waals surface area contributed by atoms with Crippen molar-refractivity contribution < 1.29 is 14.7 Å². The maximum Gasteiger partial charge on any atom is 0.308 e. The molecule has 1 amide bonds. The Balaban J connectivity index is 2.16. The Hall–Kier alpha value is -2.11. The second-order valence-electron chi connectivity index (χ2n) is 4.87. The van der Waals surface area contributed by atoms with E-state index < -0.39 is 5.97 Å². The molecule has 1 atom stereocenters. The van der Waals surface area contributed by atoms with Crippen LogP contribution in [-0.4, -0.2) is 54.1 Å². The van der Waals surface area contributed by atoms with Crippen molar-refractivity contribution in [2.45, 2.75) is 6.42 Å². The number of carbonyl (C=O) groups is 2. The predicted molar refractivity (Wildman–Crippen MR) is 70.2 cm³/mol. The zero-order valence-corrected chi connectivity index (χ0v) is 11.0. The Labute approximate surface area is 111 Å². The highest BCUT2D eigenvalue weighted by atomic mass is 16.4. The van der Waals surface area contributed by atoms with Crippen LogP contribution in [0.4, 0.5) is 5.69 Å². The van der Waals surface area contributed by atoms with Crippen molar-refractivity contribution in [3.63, 3.8) is 0 Å². The third kappa shape index (κ3) is 2.83. The number of carboxylic acids is 1. The van der Waals surface area contributed by atoms with E-state index in [0.29, 0.717) is 25.2 Å². The molecule has 1 aliphatic rings. The number of rotatable bonds is 3. The van der Waals surface area contributed by atoms with Gasteiger partial charge in [0.15, 0.2) is 0 Å². The standard InChI is InChI=1S/C13H17N3O3/c1-15(2)12(17)11-7-10(3-5-14-11)16-6-4-9(8-16)13(18)19/h3,5,7,9H,4,6,8H2,1-2H3,(H,18,19). The number of aromatic nitrogens is 1. The number of aliphatic carboxylic acids is 1. The molecular weight excluding hydrogens is 246 g/mol. The normalized spacial score (nSPS) is 18.4. The Morgan fingerprint density at radius 1 is 1.47 bits per heavy atom. The highest BCUT2D eigenvalue weighted by molar-refractivity contribution is 5.92. The number of anilines is 1. The molecule has 6 heteroatoms. The quantitative estimate of drug-likeness (QED) is 0.868. The zero-order chi connectivity index (χ0) is 14.0. The number of pyridine rings is 1. The van der Waals surface area contributed by atoms with Gasteiger partial charge < -0.3 is 14.9 Å². The molecule has 1 aromatic heterocycles. The van der Waals surface area contributed by atoms with Gasteiger partial charge in [0.25, 0.3) is 5.91 Å². The molecule has 0 saturated carbocycles. The van der Waals surface area contributed by atoms with Gasteiger partial charge >= 0.3 is 5.97 Å². The van der Waals surface area contributed by atoms with Gasteiger partial charge in [0.05, 0.1) is 5.92 Å². The van der Waals surface area contributed by atoms with E-state index in [-0.39, 0.29) is 11.8 Å². The lowest BCUT2D eigenvalue weighted by atomic mass is 10.1. The largest absolute Gasteiger partial charge is 0.481 e. The summed E-state index contributed by atoms with van der Waals surface area (Å²) in [5, 5.41) is 8.99. The lowest BCUT2D eigenvalue weighted by Gasteiger charge is -2.19. The van der Waals surface area contributed by atoms with Gasteiger partial charge in [-0.05, 0) is 18.6 Å². The van der Waals surface area contributed by atoms with E-state index in [1.54, 1.807) is 32.4 Å². The van der Waals surface area contributed by atoms with Crippen molar-refractivity contribution in [3.05, 3.63) is 24.0 Å². The second kappa shape index (κ2) is 5.26. The SMILES string of the molecule is CN(C)C(=O)c1cc(N2CCC(C(=O)O)C2)ccn1. The van der Waals surface area contributed by atoms with Crippen LogP contribution in [0.1, 0.15) is 16.9 Å². The molecule has 2 heterocycles. The van der Waals surface area contributed by atoms with Gasteiger partial charge in [-0.1, -0.05) is 0 Å². The fourth-order valence-electron chi connectivity index (χ4n) is 2.16. The number of carbonyl (C=O) groups excluding carboxylic acids is 1. The molecule has 19 heavy (non-hydrogen) atoms. The van der Waals surface area contributed by atoms with Crippen molar-refractivity contribution in [2.24, 2.45) is 5.92 Å². The molecule has 0 radical (unpaired) electrons. The lowest BCUT2D eigenvalue weighted by Crippen LogP contribution is -2.25. The minimum Gasteiger partial charge on any atom is -0.481 e. The molecule has 2 rings (SSSR count). The van der Waals surface area contributed by atoms with E-state index >= 15 is 0 Å². The van der Waals surface area contributed by atoms with E-state index in [9.17, 15) is 9.59 Å². The number of nitrogens with zero attached hydrogens (tertiary/aromatic N) is 3. The van der Waals surface area contributed by atoms with Crippen LogP contribution in [-0.2, 0) is 4.79 Å². The average Bonchev–Trinajstić information content (AvgIpc) is 2.87. The fourth-order valence-corrected chi connectivity index (χ4v) is 2.16. The first-order chi connectivity index (χ1) is 8.99. The van der Waals surface area contributed by atoms with Gasteiger partial charge in [0, 0.05) is 39.1 Å². The summed E-state index contributed by atoms with van der Waals surface area (Å²) in [6.07, 6.45) is 2.22. The maximum absolute atomic E-state index is 11.8. The molecule has 1 aliphatic heterocycles. The molecule has 0 aliphatic carbocycles. The summed E-state index contributed by atoms with van der Waals surface area (Å²) in [6, 6.07) is 3.52. The molecule has 102 valence electrons. The van der Waals surface area contributed by atoms with E-state index in [1.807, 2.05) is 4.90 Å². The summed E-state index contributed by atoms with van der Waals surface area (Å²) >= 11 is 0.